The van der Waals surface area contributed by atoms with E-state index < -0.39 is 11.9 Å². The summed E-state index contributed by atoms with van der Waals surface area (Å²) >= 11 is 7.35. The molecular weight excluding hydrogens is 408 g/mol. The summed E-state index contributed by atoms with van der Waals surface area (Å²) in [6, 6.07) is 6.43. The van der Waals surface area contributed by atoms with Gasteiger partial charge in [0.15, 0.2) is 0 Å². The second kappa shape index (κ2) is 8.73. The summed E-state index contributed by atoms with van der Waals surface area (Å²) < 4.78 is 1.000. The van der Waals surface area contributed by atoms with E-state index in [4.69, 9.17) is 17.3 Å². The summed E-state index contributed by atoms with van der Waals surface area (Å²) in [5.74, 6) is 0.0967. The molecule has 1 aromatic heterocycles. The molecule has 1 aromatic carbocycles. The molecule has 0 bridgehead atoms. The summed E-state index contributed by atoms with van der Waals surface area (Å²) in [6.45, 7) is 10.7. The van der Waals surface area contributed by atoms with Crippen molar-refractivity contribution in [2.45, 2.75) is 33.7 Å². The van der Waals surface area contributed by atoms with E-state index in [-0.39, 0.29) is 0 Å². The van der Waals surface area contributed by atoms with Crippen molar-refractivity contribution in [3.63, 3.8) is 0 Å². The lowest BCUT2D eigenvalue weighted by atomic mass is 9.99. The van der Waals surface area contributed by atoms with Gasteiger partial charge in [-0.15, -0.1) is 11.3 Å². The second-order valence-corrected chi connectivity index (χ2v) is 9.57. The number of anilines is 2. The predicted octanol–water partition coefficient (Wildman–Crippen LogP) is 4.69. The maximum Gasteiger partial charge on any atom is 0.324 e. The Kier molecular flexibility index (Phi) is 6.51. The van der Waals surface area contributed by atoms with Crippen molar-refractivity contribution in [3.8, 4) is 0 Å². The number of quaternary nitrogens is 1. The highest BCUT2D eigenvalue weighted by molar-refractivity contribution is 7.17. The number of likely N-dealkylation sites (N-methyl/N-ethyl adjacent to an activating group) is 1. The van der Waals surface area contributed by atoms with Crippen LogP contribution < -0.4 is 16.4 Å². The highest BCUT2D eigenvalue weighted by atomic mass is 35.5. The minimum absolute atomic E-state index is 0.410. The molecule has 8 heteroatoms. The smallest absolute Gasteiger partial charge is 0.324 e. The minimum atomic E-state index is -0.496. The number of thiophene rings is 1. The molecule has 3 rings (SSSR count). The van der Waals surface area contributed by atoms with Gasteiger partial charge < -0.3 is 15.5 Å². The molecule has 0 spiro atoms. The zero-order valence-electron chi connectivity index (χ0n) is 17.0. The number of hydrogen-bond acceptors (Lipinski definition) is 3. The third-order valence-electron chi connectivity index (χ3n) is 5.40. The van der Waals surface area contributed by atoms with Gasteiger partial charge in [-0.05, 0) is 36.8 Å². The average Bonchev–Trinajstić information content (AvgIpc) is 2.99. The van der Waals surface area contributed by atoms with Crippen molar-refractivity contribution >= 4 is 45.6 Å². The monoisotopic (exact) mass is 435 g/mol. The summed E-state index contributed by atoms with van der Waals surface area (Å²) in [6.07, 6.45) is 0.797. The Labute approximate surface area is 180 Å². The van der Waals surface area contributed by atoms with Gasteiger partial charge in [0.2, 0.25) is 0 Å². The van der Waals surface area contributed by atoms with Crippen LogP contribution in [0.1, 0.15) is 41.6 Å². The number of primary amides is 1. The van der Waals surface area contributed by atoms with Crippen molar-refractivity contribution in [1.29, 1.82) is 0 Å². The number of halogens is 1. The van der Waals surface area contributed by atoms with Crippen LogP contribution >= 0.6 is 22.9 Å². The molecule has 1 aliphatic heterocycles. The summed E-state index contributed by atoms with van der Waals surface area (Å²) in [7, 11) is 0. The molecule has 0 fully saturated rings. The predicted molar refractivity (Wildman–Crippen MR) is 120 cm³/mol. The van der Waals surface area contributed by atoms with Crippen LogP contribution in [-0.2, 0) is 13.0 Å². The van der Waals surface area contributed by atoms with Crippen molar-refractivity contribution in [1.82, 2.24) is 0 Å². The van der Waals surface area contributed by atoms with E-state index in [9.17, 15) is 9.59 Å². The fourth-order valence-electron chi connectivity index (χ4n) is 4.11. The highest BCUT2D eigenvalue weighted by Gasteiger charge is 2.36. The molecule has 1 atom stereocenters. The molecule has 4 N–H and O–H groups in total. The summed E-state index contributed by atoms with van der Waals surface area (Å²) in [4.78, 5) is 25.8. The zero-order chi connectivity index (χ0) is 21.2. The molecule has 3 amide bonds. The zero-order valence-corrected chi connectivity index (χ0v) is 18.6. The molecule has 1 aliphatic rings. The number of rotatable bonds is 6. The van der Waals surface area contributed by atoms with Crippen molar-refractivity contribution in [3.05, 3.63) is 45.3 Å². The van der Waals surface area contributed by atoms with E-state index in [0.717, 1.165) is 47.5 Å². The Bertz CT molecular complexity index is 910. The SMILES string of the molecule is CC[N+]1(CC(C)C)CCc2c(sc(NC(=O)Nc3ccc(Cl)cc3)c2C(N)=O)C1. The first kappa shape index (κ1) is 21.6. The van der Waals surface area contributed by atoms with E-state index >= 15 is 0 Å². The minimum Gasteiger partial charge on any atom is -0.365 e. The number of carbonyl (C=O) groups is 2. The first-order valence-corrected chi connectivity index (χ1v) is 11.1. The van der Waals surface area contributed by atoms with E-state index in [1.165, 1.54) is 11.3 Å². The van der Waals surface area contributed by atoms with Gasteiger partial charge in [-0.1, -0.05) is 25.4 Å². The molecule has 6 nitrogen and oxygen atoms in total. The fraction of sp³-hybridized carbons (Fsp3) is 0.429. The van der Waals surface area contributed by atoms with Gasteiger partial charge in [0.25, 0.3) is 5.91 Å². The molecule has 2 heterocycles. The standard InChI is InChI=1S/C21H27ClN4O2S/c1-4-26(11-13(2)3)10-9-16-17(12-26)29-20(18(16)19(23)27)25-21(28)24-15-7-5-14(22)6-8-15/h5-8,13H,4,9-12H2,1-3H3,(H3-,23,24,25,27,28)/p+1. The lowest BCUT2D eigenvalue weighted by molar-refractivity contribution is -0.943. The number of hydrogen-bond donors (Lipinski definition) is 3. The number of amides is 3. The average molecular weight is 436 g/mol. The maximum atomic E-state index is 12.5. The van der Waals surface area contributed by atoms with Gasteiger partial charge >= 0.3 is 6.03 Å². The first-order valence-electron chi connectivity index (χ1n) is 9.86. The normalized spacial score (nSPS) is 18.4. The van der Waals surface area contributed by atoms with Gasteiger partial charge in [0, 0.05) is 23.0 Å². The molecule has 1 unspecified atom stereocenters. The topological polar surface area (TPSA) is 84.2 Å². The van der Waals surface area contributed by atoms with Crippen LogP contribution in [0.25, 0.3) is 0 Å². The van der Waals surface area contributed by atoms with E-state index in [1.807, 2.05) is 0 Å². The Morgan fingerprint density at radius 2 is 1.93 bits per heavy atom. The van der Waals surface area contributed by atoms with Crippen LogP contribution in [0.4, 0.5) is 15.5 Å². The van der Waals surface area contributed by atoms with Crippen molar-refractivity contribution in [2.75, 3.05) is 30.3 Å². The van der Waals surface area contributed by atoms with Crippen molar-refractivity contribution in [2.24, 2.45) is 11.7 Å². The van der Waals surface area contributed by atoms with E-state index in [0.29, 0.717) is 27.2 Å². The first-order chi connectivity index (χ1) is 13.7. The van der Waals surface area contributed by atoms with Crippen LogP contribution in [0.5, 0.6) is 0 Å². The van der Waals surface area contributed by atoms with Gasteiger partial charge in [-0.2, -0.15) is 0 Å². The number of carbonyl (C=O) groups excluding carboxylic acids is 2. The van der Waals surface area contributed by atoms with Crippen LogP contribution in [-0.4, -0.2) is 36.1 Å². The Balaban J connectivity index is 1.83. The molecule has 0 radical (unpaired) electrons. The number of fused-ring (bicyclic) bond motifs is 1. The fourth-order valence-corrected chi connectivity index (χ4v) is 5.62. The van der Waals surface area contributed by atoms with Crippen LogP contribution in [0.3, 0.4) is 0 Å². The van der Waals surface area contributed by atoms with Gasteiger partial charge in [-0.3, -0.25) is 10.1 Å². The summed E-state index contributed by atoms with van der Waals surface area (Å²) in [5.41, 5.74) is 7.75. The lowest BCUT2D eigenvalue weighted by Gasteiger charge is -2.41. The van der Waals surface area contributed by atoms with Crippen molar-refractivity contribution < 1.29 is 14.1 Å². The van der Waals surface area contributed by atoms with Crippen LogP contribution in [0.2, 0.25) is 5.02 Å². The Morgan fingerprint density at radius 1 is 1.24 bits per heavy atom. The lowest BCUT2D eigenvalue weighted by Crippen LogP contribution is -2.52. The molecular formula is C21H28ClN4O2S+. The third-order valence-corrected chi connectivity index (χ3v) is 6.79. The van der Waals surface area contributed by atoms with Crippen LogP contribution in [0.15, 0.2) is 24.3 Å². The Morgan fingerprint density at radius 3 is 2.52 bits per heavy atom. The van der Waals surface area contributed by atoms with Gasteiger partial charge in [0.1, 0.15) is 11.5 Å². The molecule has 0 saturated carbocycles. The number of nitrogens with zero attached hydrogens (tertiary/aromatic N) is 1. The number of urea groups is 1. The third kappa shape index (κ3) is 4.91. The second-order valence-electron chi connectivity index (χ2n) is 8.02. The molecule has 2 aromatic rings. The maximum absolute atomic E-state index is 12.5. The van der Waals surface area contributed by atoms with Crippen LogP contribution in [0, 0.1) is 5.92 Å². The van der Waals surface area contributed by atoms with Gasteiger partial charge in [0.05, 0.1) is 30.1 Å². The van der Waals surface area contributed by atoms with Gasteiger partial charge in [-0.25, -0.2) is 4.79 Å². The number of nitrogens with one attached hydrogen (secondary N) is 2. The molecule has 0 aliphatic carbocycles. The van der Waals surface area contributed by atoms with E-state index in [2.05, 4.69) is 31.4 Å². The molecule has 156 valence electrons. The number of benzene rings is 1. The quantitative estimate of drug-likeness (QED) is 0.575. The highest BCUT2D eigenvalue weighted by Crippen LogP contribution is 2.39. The van der Waals surface area contributed by atoms with E-state index in [1.54, 1.807) is 24.3 Å². The summed E-state index contributed by atoms with van der Waals surface area (Å²) in [5, 5.41) is 6.70. The Hall–Kier alpha value is -2.09. The largest absolute Gasteiger partial charge is 0.365 e. The molecule has 0 saturated heterocycles. The number of nitrogens with two attached hydrogens (primary N) is 1. The molecule has 29 heavy (non-hydrogen) atoms.